The number of halogens is 2. The number of imidazole rings is 2. The van der Waals surface area contributed by atoms with Crippen molar-refractivity contribution in [3.8, 4) is 11.5 Å². The molecule has 0 saturated carbocycles. The molecule has 1 N–H and O–H groups in total. The first-order valence-electron chi connectivity index (χ1n) is 6.01. The molecule has 0 fully saturated rings. The second-order valence-corrected chi connectivity index (χ2v) is 5.37. The van der Waals surface area contributed by atoms with Crippen LogP contribution in [0.2, 0.25) is 10.0 Å². The minimum atomic E-state index is -0.969. The largest absolute Gasteiger partial charge is 0.480 e. The molecule has 108 valence electrons. The van der Waals surface area contributed by atoms with Crippen LogP contribution in [0.15, 0.2) is 24.7 Å². The third kappa shape index (κ3) is 2.36. The van der Waals surface area contributed by atoms with E-state index in [1.807, 2.05) is 7.05 Å². The summed E-state index contributed by atoms with van der Waals surface area (Å²) < 4.78 is 3.35. The SMILES string of the molecule is Cn1cncc1-c1nc2cc(Cl)c(Cl)cc2n1CC(=O)O. The molecule has 8 heteroatoms. The van der Waals surface area contributed by atoms with Crippen molar-refractivity contribution in [2.75, 3.05) is 0 Å². The predicted octanol–water partition coefficient (Wildman–Crippen LogP) is 2.83. The van der Waals surface area contributed by atoms with Gasteiger partial charge in [0.15, 0.2) is 5.82 Å². The van der Waals surface area contributed by atoms with Crippen LogP contribution in [0.1, 0.15) is 0 Å². The molecular formula is C13H10Cl2N4O2. The molecule has 6 nitrogen and oxygen atoms in total. The van der Waals surface area contributed by atoms with Crippen LogP contribution < -0.4 is 0 Å². The molecule has 0 bridgehead atoms. The number of carboxylic acids is 1. The van der Waals surface area contributed by atoms with Gasteiger partial charge >= 0.3 is 5.97 Å². The summed E-state index contributed by atoms with van der Waals surface area (Å²) in [5.74, 6) is -0.463. The highest BCUT2D eigenvalue weighted by Crippen LogP contribution is 2.31. The highest BCUT2D eigenvalue weighted by Gasteiger charge is 2.18. The summed E-state index contributed by atoms with van der Waals surface area (Å²) in [7, 11) is 1.81. The van der Waals surface area contributed by atoms with E-state index in [1.165, 1.54) is 0 Å². The molecule has 1 aromatic carbocycles. The Morgan fingerprint density at radius 2 is 2.05 bits per heavy atom. The molecule has 2 aromatic heterocycles. The van der Waals surface area contributed by atoms with E-state index in [-0.39, 0.29) is 6.54 Å². The second-order valence-electron chi connectivity index (χ2n) is 4.56. The van der Waals surface area contributed by atoms with Gasteiger partial charge in [-0.1, -0.05) is 23.2 Å². The average molecular weight is 325 g/mol. The van der Waals surface area contributed by atoms with Gasteiger partial charge in [0.2, 0.25) is 0 Å². The van der Waals surface area contributed by atoms with E-state index in [9.17, 15) is 4.79 Å². The quantitative estimate of drug-likeness (QED) is 0.804. The number of hydrogen-bond acceptors (Lipinski definition) is 3. The Bertz CT molecular complexity index is 853. The molecule has 0 aliphatic rings. The standard InChI is InChI=1S/C13H10Cl2N4O2/c1-18-6-16-4-11(18)13-17-9-2-7(14)8(15)3-10(9)19(13)5-12(20)21/h2-4,6H,5H2,1H3,(H,20,21). The van der Waals surface area contributed by atoms with Gasteiger partial charge in [-0.05, 0) is 12.1 Å². The summed E-state index contributed by atoms with van der Waals surface area (Å²) in [4.78, 5) is 19.6. The fraction of sp³-hybridized carbons (Fsp3) is 0.154. The lowest BCUT2D eigenvalue weighted by Crippen LogP contribution is -2.11. The van der Waals surface area contributed by atoms with E-state index in [2.05, 4.69) is 9.97 Å². The van der Waals surface area contributed by atoms with Crippen LogP contribution in [0, 0.1) is 0 Å². The summed E-state index contributed by atoms with van der Waals surface area (Å²) >= 11 is 12.0. The minimum absolute atomic E-state index is 0.227. The Balaban J connectivity index is 2.33. The zero-order valence-corrected chi connectivity index (χ0v) is 12.4. The number of fused-ring (bicyclic) bond motifs is 1. The Morgan fingerprint density at radius 3 is 2.67 bits per heavy atom. The van der Waals surface area contributed by atoms with Crippen LogP contribution in [0.3, 0.4) is 0 Å². The Morgan fingerprint density at radius 1 is 1.33 bits per heavy atom. The maximum atomic E-state index is 11.1. The Labute approximate surface area is 129 Å². The Kier molecular flexibility index (Phi) is 3.35. The van der Waals surface area contributed by atoms with E-state index in [4.69, 9.17) is 28.3 Å². The van der Waals surface area contributed by atoms with Gasteiger partial charge in [-0.3, -0.25) is 4.79 Å². The van der Waals surface area contributed by atoms with E-state index < -0.39 is 5.97 Å². The lowest BCUT2D eigenvalue weighted by Gasteiger charge is -2.07. The Hall–Kier alpha value is -2.05. The number of benzene rings is 1. The van der Waals surface area contributed by atoms with Crippen molar-refractivity contribution in [3.63, 3.8) is 0 Å². The van der Waals surface area contributed by atoms with Crippen molar-refractivity contribution in [1.82, 2.24) is 19.1 Å². The zero-order valence-electron chi connectivity index (χ0n) is 10.9. The molecule has 0 aliphatic heterocycles. The molecule has 0 radical (unpaired) electrons. The second kappa shape index (κ2) is 5.05. The zero-order chi connectivity index (χ0) is 15.1. The maximum absolute atomic E-state index is 11.1. The summed E-state index contributed by atoms with van der Waals surface area (Å²) in [5.41, 5.74) is 1.91. The predicted molar refractivity (Wildman–Crippen MR) is 79.6 cm³/mol. The van der Waals surface area contributed by atoms with Gasteiger partial charge in [-0.2, -0.15) is 0 Å². The van der Waals surface area contributed by atoms with Crippen LogP contribution in [-0.4, -0.2) is 30.2 Å². The van der Waals surface area contributed by atoms with Crippen LogP contribution in [-0.2, 0) is 18.4 Å². The first-order valence-corrected chi connectivity index (χ1v) is 6.76. The number of nitrogens with zero attached hydrogens (tertiary/aromatic N) is 4. The van der Waals surface area contributed by atoms with Gasteiger partial charge in [0.1, 0.15) is 12.2 Å². The minimum Gasteiger partial charge on any atom is -0.480 e. The molecule has 0 amide bonds. The summed E-state index contributed by atoms with van der Waals surface area (Å²) in [6.45, 7) is -0.227. The van der Waals surface area contributed by atoms with Gasteiger partial charge in [-0.25, -0.2) is 9.97 Å². The molecule has 0 unspecified atom stereocenters. The number of carbonyl (C=O) groups is 1. The summed E-state index contributed by atoms with van der Waals surface area (Å²) in [6, 6.07) is 3.24. The number of carboxylic acid groups (broad SMARTS) is 1. The molecule has 0 atom stereocenters. The molecule has 0 saturated heterocycles. The average Bonchev–Trinajstić information content (AvgIpc) is 2.95. The molecule has 21 heavy (non-hydrogen) atoms. The van der Waals surface area contributed by atoms with Crippen LogP contribution >= 0.6 is 23.2 Å². The van der Waals surface area contributed by atoms with Gasteiger partial charge in [0.25, 0.3) is 0 Å². The molecule has 3 rings (SSSR count). The van der Waals surface area contributed by atoms with Gasteiger partial charge in [0.05, 0.1) is 33.6 Å². The van der Waals surface area contributed by atoms with Crippen molar-refractivity contribution in [2.24, 2.45) is 7.05 Å². The highest BCUT2D eigenvalue weighted by molar-refractivity contribution is 6.42. The maximum Gasteiger partial charge on any atom is 0.323 e. The monoisotopic (exact) mass is 324 g/mol. The third-order valence-corrected chi connectivity index (χ3v) is 3.85. The van der Waals surface area contributed by atoms with Crippen LogP contribution in [0.5, 0.6) is 0 Å². The summed E-state index contributed by atoms with van der Waals surface area (Å²) in [5, 5.41) is 9.86. The van der Waals surface area contributed by atoms with Crippen molar-refractivity contribution in [3.05, 3.63) is 34.7 Å². The molecular weight excluding hydrogens is 315 g/mol. The third-order valence-electron chi connectivity index (χ3n) is 3.13. The van der Waals surface area contributed by atoms with E-state index >= 15 is 0 Å². The smallest absolute Gasteiger partial charge is 0.323 e. The van der Waals surface area contributed by atoms with E-state index in [0.717, 1.165) is 0 Å². The fourth-order valence-electron chi connectivity index (χ4n) is 2.18. The van der Waals surface area contributed by atoms with Crippen molar-refractivity contribution in [1.29, 1.82) is 0 Å². The summed E-state index contributed by atoms with van der Waals surface area (Å²) in [6.07, 6.45) is 3.25. The number of hydrogen-bond donors (Lipinski definition) is 1. The van der Waals surface area contributed by atoms with Crippen molar-refractivity contribution < 1.29 is 9.90 Å². The van der Waals surface area contributed by atoms with Crippen molar-refractivity contribution >= 4 is 40.2 Å². The van der Waals surface area contributed by atoms with Crippen molar-refractivity contribution in [2.45, 2.75) is 6.54 Å². The first kappa shape index (κ1) is 13.9. The first-order chi connectivity index (χ1) is 9.97. The van der Waals surface area contributed by atoms with Gasteiger partial charge in [-0.15, -0.1) is 0 Å². The molecule has 0 spiro atoms. The van der Waals surface area contributed by atoms with E-state index in [0.29, 0.717) is 32.6 Å². The molecule has 3 aromatic rings. The van der Waals surface area contributed by atoms with E-state index in [1.54, 1.807) is 33.8 Å². The number of aliphatic carboxylic acids is 1. The fourth-order valence-corrected chi connectivity index (χ4v) is 2.50. The number of aromatic nitrogens is 4. The topological polar surface area (TPSA) is 72.9 Å². The molecule has 2 heterocycles. The normalized spacial score (nSPS) is 11.2. The van der Waals surface area contributed by atoms with Crippen LogP contribution in [0.4, 0.5) is 0 Å². The number of rotatable bonds is 3. The van der Waals surface area contributed by atoms with Gasteiger partial charge in [0, 0.05) is 7.05 Å². The highest BCUT2D eigenvalue weighted by atomic mass is 35.5. The van der Waals surface area contributed by atoms with Gasteiger partial charge < -0.3 is 14.2 Å². The molecule has 0 aliphatic carbocycles. The lowest BCUT2D eigenvalue weighted by molar-refractivity contribution is -0.137. The lowest BCUT2D eigenvalue weighted by atomic mass is 10.3. The number of aryl methyl sites for hydroxylation is 1. The van der Waals surface area contributed by atoms with Crippen LogP contribution in [0.25, 0.3) is 22.6 Å².